The number of carbonyl (C=O) groups is 1. The van der Waals surface area contributed by atoms with E-state index in [1.165, 1.54) is 11.4 Å². The molecule has 0 spiro atoms. The van der Waals surface area contributed by atoms with Crippen molar-refractivity contribution in [3.05, 3.63) is 59.7 Å². The van der Waals surface area contributed by atoms with E-state index >= 15 is 0 Å². The molecular formula is C20H26N2O3S. The zero-order valence-electron chi connectivity index (χ0n) is 15.7. The Morgan fingerprint density at radius 3 is 2.19 bits per heavy atom. The summed E-state index contributed by atoms with van der Waals surface area (Å²) in [7, 11) is -2.08. The number of carbonyl (C=O) groups excluding carboxylic acids is 1. The fourth-order valence-electron chi connectivity index (χ4n) is 2.44. The predicted molar refractivity (Wildman–Crippen MR) is 105 cm³/mol. The molecule has 1 N–H and O–H groups in total. The number of hydrogen-bond donors (Lipinski definition) is 1. The Bertz CT molecular complexity index is 844. The summed E-state index contributed by atoms with van der Waals surface area (Å²) in [4.78, 5) is 12.2. The average molecular weight is 375 g/mol. The smallest absolute Gasteiger partial charge is 0.264 e. The molecule has 0 saturated carbocycles. The van der Waals surface area contributed by atoms with Gasteiger partial charge in [-0.25, -0.2) is 8.42 Å². The molecule has 1 atom stereocenters. The van der Waals surface area contributed by atoms with Crippen LogP contribution in [0.5, 0.6) is 0 Å². The molecule has 0 aliphatic rings. The molecule has 0 fully saturated rings. The standard InChI is InChI=1S/C20H26N2O3S/c1-5-16(3)21-20(23)14-17-8-10-18(11-9-17)22(4)26(24,25)19-12-6-15(2)7-13-19/h6-13,16H,5,14H2,1-4H3,(H,21,23). The molecule has 0 radical (unpaired) electrons. The number of hydrogen-bond acceptors (Lipinski definition) is 3. The Balaban J connectivity index is 2.12. The number of anilines is 1. The fourth-order valence-corrected chi connectivity index (χ4v) is 3.64. The van der Waals surface area contributed by atoms with Gasteiger partial charge >= 0.3 is 0 Å². The molecule has 2 aromatic carbocycles. The molecule has 0 bridgehead atoms. The van der Waals surface area contributed by atoms with Crippen LogP contribution in [0.2, 0.25) is 0 Å². The first-order valence-corrected chi connectivity index (χ1v) is 10.1. The molecule has 0 aliphatic carbocycles. The van der Waals surface area contributed by atoms with Crippen LogP contribution < -0.4 is 9.62 Å². The fraction of sp³-hybridized carbons (Fsp3) is 0.350. The van der Waals surface area contributed by atoms with Crippen molar-refractivity contribution in [1.29, 1.82) is 0 Å². The van der Waals surface area contributed by atoms with E-state index in [0.717, 1.165) is 17.5 Å². The van der Waals surface area contributed by atoms with Gasteiger partial charge in [0.2, 0.25) is 5.91 Å². The highest BCUT2D eigenvalue weighted by Crippen LogP contribution is 2.22. The normalized spacial score (nSPS) is 12.5. The minimum absolute atomic E-state index is 0.0345. The second kappa shape index (κ2) is 8.36. The van der Waals surface area contributed by atoms with E-state index in [9.17, 15) is 13.2 Å². The summed E-state index contributed by atoms with van der Waals surface area (Å²) >= 11 is 0. The molecule has 6 heteroatoms. The van der Waals surface area contributed by atoms with Crippen molar-refractivity contribution in [2.45, 2.75) is 44.6 Å². The maximum atomic E-state index is 12.7. The molecule has 0 saturated heterocycles. The highest BCUT2D eigenvalue weighted by molar-refractivity contribution is 7.92. The summed E-state index contributed by atoms with van der Waals surface area (Å²) in [6.45, 7) is 5.90. The summed E-state index contributed by atoms with van der Waals surface area (Å²) in [5, 5.41) is 2.92. The van der Waals surface area contributed by atoms with Crippen LogP contribution in [0, 0.1) is 6.92 Å². The second-order valence-electron chi connectivity index (χ2n) is 6.51. The topological polar surface area (TPSA) is 66.5 Å². The van der Waals surface area contributed by atoms with Gasteiger partial charge in [-0.15, -0.1) is 0 Å². The van der Waals surface area contributed by atoms with Crippen LogP contribution in [0.3, 0.4) is 0 Å². The molecule has 26 heavy (non-hydrogen) atoms. The largest absolute Gasteiger partial charge is 0.353 e. The minimum Gasteiger partial charge on any atom is -0.353 e. The van der Waals surface area contributed by atoms with Gasteiger partial charge in [-0.2, -0.15) is 0 Å². The monoisotopic (exact) mass is 374 g/mol. The predicted octanol–water partition coefficient (Wildman–Crippen LogP) is 3.28. The highest BCUT2D eigenvalue weighted by atomic mass is 32.2. The van der Waals surface area contributed by atoms with E-state index in [2.05, 4.69) is 5.32 Å². The highest BCUT2D eigenvalue weighted by Gasteiger charge is 2.21. The number of amides is 1. The maximum absolute atomic E-state index is 12.7. The Hall–Kier alpha value is -2.34. The Kier molecular flexibility index (Phi) is 6.42. The van der Waals surface area contributed by atoms with Crippen LogP contribution in [-0.2, 0) is 21.2 Å². The molecule has 2 rings (SSSR count). The van der Waals surface area contributed by atoms with E-state index in [4.69, 9.17) is 0 Å². The summed E-state index contributed by atoms with van der Waals surface area (Å²) in [6, 6.07) is 13.9. The number of sulfonamides is 1. The van der Waals surface area contributed by atoms with Gasteiger partial charge in [0.15, 0.2) is 0 Å². The lowest BCUT2D eigenvalue weighted by Crippen LogP contribution is -2.33. The Morgan fingerprint density at radius 1 is 1.08 bits per heavy atom. The summed E-state index contributed by atoms with van der Waals surface area (Å²) in [5.41, 5.74) is 2.40. The van der Waals surface area contributed by atoms with Crippen molar-refractivity contribution in [2.24, 2.45) is 0 Å². The molecule has 2 aromatic rings. The van der Waals surface area contributed by atoms with Crippen LogP contribution >= 0.6 is 0 Å². The van der Waals surface area contributed by atoms with Gasteiger partial charge in [0, 0.05) is 13.1 Å². The van der Waals surface area contributed by atoms with Crippen LogP contribution in [0.4, 0.5) is 5.69 Å². The number of nitrogens with zero attached hydrogens (tertiary/aromatic N) is 1. The van der Waals surface area contributed by atoms with Crippen LogP contribution in [0.25, 0.3) is 0 Å². The Labute approximate surface area is 156 Å². The molecule has 0 aliphatic heterocycles. The minimum atomic E-state index is -3.61. The maximum Gasteiger partial charge on any atom is 0.264 e. The average Bonchev–Trinajstić information content (AvgIpc) is 2.61. The van der Waals surface area contributed by atoms with Crippen molar-refractivity contribution in [3.8, 4) is 0 Å². The van der Waals surface area contributed by atoms with E-state index in [1.807, 2.05) is 20.8 Å². The summed E-state index contributed by atoms with van der Waals surface area (Å²) in [5.74, 6) is -0.0345. The lowest BCUT2D eigenvalue weighted by molar-refractivity contribution is -0.121. The van der Waals surface area contributed by atoms with Gasteiger partial charge < -0.3 is 5.32 Å². The third-order valence-corrected chi connectivity index (χ3v) is 6.16. The van der Waals surface area contributed by atoms with E-state index < -0.39 is 10.0 Å². The van der Waals surface area contributed by atoms with Crippen LogP contribution in [0.1, 0.15) is 31.4 Å². The van der Waals surface area contributed by atoms with Crippen molar-refractivity contribution in [3.63, 3.8) is 0 Å². The first kappa shape index (κ1) is 20.0. The van der Waals surface area contributed by atoms with Crippen molar-refractivity contribution >= 4 is 21.6 Å². The van der Waals surface area contributed by atoms with Gasteiger partial charge in [-0.3, -0.25) is 9.10 Å². The van der Waals surface area contributed by atoms with Crippen molar-refractivity contribution in [2.75, 3.05) is 11.4 Å². The third-order valence-electron chi connectivity index (χ3n) is 4.36. The van der Waals surface area contributed by atoms with Crippen LogP contribution in [0.15, 0.2) is 53.4 Å². The van der Waals surface area contributed by atoms with E-state index in [-0.39, 0.29) is 23.3 Å². The zero-order chi connectivity index (χ0) is 19.3. The van der Waals surface area contributed by atoms with Gasteiger partial charge in [0.25, 0.3) is 10.0 Å². The first-order chi connectivity index (χ1) is 12.2. The van der Waals surface area contributed by atoms with Crippen molar-refractivity contribution in [1.82, 2.24) is 5.32 Å². The quantitative estimate of drug-likeness (QED) is 0.809. The second-order valence-corrected chi connectivity index (χ2v) is 8.47. The molecule has 0 heterocycles. The number of nitrogens with one attached hydrogen (secondary N) is 1. The number of benzene rings is 2. The van der Waals surface area contributed by atoms with Gasteiger partial charge in [0.05, 0.1) is 17.0 Å². The van der Waals surface area contributed by atoms with Crippen molar-refractivity contribution < 1.29 is 13.2 Å². The molecular weight excluding hydrogens is 348 g/mol. The zero-order valence-corrected chi connectivity index (χ0v) is 16.5. The van der Waals surface area contributed by atoms with E-state index in [1.54, 1.807) is 48.5 Å². The molecule has 5 nitrogen and oxygen atoms in total. The SMILES string of the molecule is CCC(C)NC(=O)Cc1ccc(N(C)S(=O)(=O)c2ccc(C)cc2)cc1. The van der Waals surface area contributed by atoms with Crippen LogP contribution in [-0.4, -0.2) is 27.4 Å². The molecule has 0 aromatic heterocycles. The summed E-state index contributed by atoms with van der Waals surface area (Å²) in [6.07, 6.45) is 1.16. The summed E-state index contributed by atoms with van der Waals surface area (Å²) < 4.78 is 26.7. The molecule has 140 valence electrons. The number of aryl methyl sites for hydroxylation is 1. The third kappa shape index (κ3) is 4.85. The van der Waals surface area contributed by atoms with Gasteiger partial charge in [0.1, 0.15) is 0 Å². The lowest BCUT2D eigenvalue weighted by Gasteiger charge is -2.20. The van der Waals surface area contributed by atoms with Gasteiger partial charge in [-0.1, -0.05) is 36.8 Å². The van der Waals surface area contributed by atoms with Gasteiger partial charge in [-0.05, 0) is 50.1 Å². The first-order valence-electron chi connectivity index (χ1n) is 8.68. The number of rotatable bonds is 7. The van der Waals surface area contributed by atoms with E-state index in [0.29, 0.717) is 5.69 Å². The molecule has 1 unspecified atom stereocenters. The lowest BCUT2D eigenvalue weighted by atomic mass is 10.1. The Morgan fingerprint density at radius 2 is 1.65 bits per heavy atom. The molecule has 1 amide bonds.